The van der Waals surface area contributed by atoms with Crippen LogP contribution in [-0.4, -0.2) is 29.8 Å². The van der Waals surface area contributed by atoms with Gasteiger partial charge in [-0.1, -0.05) is 18.2 Å². The van der Waals surface area contributed by atoms with Crippen molar-refractivity contribution in [2.24, 2.45) is 0 Å². The number of ether oxygens (including phenoxy) is 1. The van der Waals surface area contributed by atoms with Gasteiger partial charge in [-0.05, 0) is 29.8 Å². The largest absolute Gasteiger partial charge is 0.497 e. The molecule has 0 fully saturated rings. The second-order valence-corrected chi connectivity index (χ2v) is 4.50. The third kappa shape index (κ3) is 4.31. The fraction of sp³-hybridized carbons (Fsp3) is 0.188. The Morgan fingerprint density at radius 3 is 2.59 bits per heavy atom. The molecule has 0 saturated carbocycles. The lowest BCUT2D eigenvalue weighted by atomic mass is 10.2. The van der Waals surface area contributed by atoms with E-state index in [1.54, 1.807) is 25.3 Å². The summed E-state index contributed by atoms with van der Waals surface area (Å²) >= 11 is 0. The molecule has 0 aliphatic carbocycles. The molecule has 1 aromatic carbocycles. The molecule has 0 spiro atoms. The fourth-order valence-electron chi connectivity index (χ4n) is 1.74. The van der Waals surface area contributed by atoms with Gasteiger partial charge in [-0.3, -0.25) is 4.79 Å². The SMILES string of the molecule is C=CCNc1ccc(C(=O)NCc2ccc(OC)cc2)nn1. The van der Waals surface area contributed by atoms with Gasteiger partial charge in [0.15, 0.2) is 5.69 Å². The number of hydrogen-bond donors (Lipinski definition) is 2. The molecule has 0 saturated heterocycles. The third-order valence-electron chi connectivity index (χ3n) is 2.94. The van der Waals surface area contributed by atoms with Crippen LogP contribution in [0.15, 0.2) is 49.1 Å². The molecule has 0 aliphatic heterocycles. The van der Waals surface area contributed by atoms with E-state index in [9.17, 15) is 4.79 Å². The first-order valence-corrected chi connectivity index (χ1v) is 6.82. The highest BCUT2D eigenvalue weighted by atomic mass is 16.5. The standard InChI is InChI=1S/C16H18N4O2/c1-3-10-17-15-9-8-14(19-20-15)16(21)18-11-12-4-6-13(22-2)7-5-12/h3-9H,1,10-11H2,2H3,(H,17,20)(H,18,21). The average Bonchev–Trinajstić information content (AvgIpc) is 2.58. The number of benzene rings is 1. The highest BCUT2D eigenvalue weighted by molar-refractivity contribution is 5.92. The summed E-state index contributed by atoms with van der Waals surface area (Å²) in [7, 11) is 1.61. The maximum absolute atomic E-state index is 12.0. The Morgan fingerprint density at radius 2 is 2.00 bits per heavy atom. The molecule has 2 aromatic rings. The van der Waals surface area contributed by atoms with Crippen molar-refractivity contribution in [1.29, 1.82) is 0 Å². The number of aromatic nitrogens is 2. The van der Waals surface area contributed by atoms with Gasteiger partial charge in [0, 0.05) is 13.1 Å². The molecule has 114 valence electrons. The average molecular weight is 298 g/mol. The van der Waals surface area contributed by atoms with Crippen molar-refractivity contribution in [3.63, 3.8) is 0 Å². The Hall–Kier alpha value is -2.89. The molecular formula is C16H18N4O2. The molecule has 22 heavy (non-hydrogen) atoms. The summed E-state index contributed by atoms with van der Waals surface area (Å²) in [5.74, 6) is 1.12. The summed E-state index contributed by atoms with van der Waals surface area (Å²) in [4.78, 5) is 12.0. The summed E-state index contributed by atoms with van der Waals surface area (Å²) in [6, 6.07) is 10.8. The van der Waals surface area contributed by atoms with E-state index in [1.165, 1.54) is 0 Å². The Morgan fingerprint density at radius 1 is 1.23 bits per heavy atom. The molecule has 2 rings (SSSR count). The number of amides is 1. The lowest BCUT2D eigenvalue weighted by molar-refractivity contribution is 0.0945. The van der Waals surface area contributed by atoms with Crippen LogP contribution < -0.4 is 15.4 Å². The van der Waals surface area contributed by atoms with Crippen LogP contribution in [0.4, 0.5) is 5.82 Å². The number of nitrogens with zero attached hydrogens (tertiary/aromatic N) is 2. The molecule has 0 bridgehead atoms. The van der Waals surface area contributed by atoms with E-state index in [4.69, 9.17) is 4.74 Å². The molecule has 0 unspecified atom stereocenters. The van der Waals surface area contributed by atoms with Crippen LogP contribution in [0.1, 0.15) is 16.1 Å². The zero-order chi connectivity index (χ0) is 15.8. The van der Waals surface area contributed by atoms with E-state index in [2.05, 4.69) is 27.4 Å². The van der Waals surface area contributed by atoms with Crippen LogP contribution in [0, 0.1) is 0 Å². The second-order valence-electron chi connectivity index (χ2n) is 4.50. The molecule has 2 N–H and O–H groups in total. The van der Waals surface area contributed by atoms with E-state index in [-0.39, 0.29) is 11.6 Å². The Balaban J connectivity index is 1.89. The van der Waals surface area contributed by atoms with Crippen LogP contribution in [0.25, 0.3) is 0 Å². The predicted octanol–water partition coefficient (Wildman–Crippen LogP) is 2.01. The number of anilines is 1. The monoisotopic (exact) mass is 298 g/mol. The smallest absolute Gasteiger partial charge is 0.272 e. The van der Waals surface area contributed by atoms with Crippen molar-refractivity contribution >= 4 is 11.7 Å². The van der Waals surface area contributed by atoms with E-state index >= 15 is 0 Å². The number of rotatable bonds is 7. The molecule has 0 atom stereocenters. The fourth-order valence-corrected chi connectivity index (χ4v) is 1.74. The van der Waals surface area contributed by atoms with Gasteiger partial charge in [-0.15, -0.1) is 16.8 Å². The van der Waals surface area contributed by atoms with Crippen LogP contribution in [0.2, 0.25) is 0 Å². The molecule has 0 aliphatic rings. The number of carbonyl (C=O) groups is 1. The van der Waals surface area contributed by atoms with Crippen molar-refractivity contribution in [2.75, 3.05) is 19.0 Å². The molecule has 6 heteroatoms. The maximum atomic E-state index is 12.0. The van der Waals surface area contributed by atoms with Crippen molar-refractivity contribution < 1.29 is 9.53 Å². The number of hydrogen-bond acceptors (Lipinski definition) is 5. The van der Waals surface area contributed by atoms with Crippen molar-refractivity contribution in [3.05, 3.63) is 60.3 Å². The van der Waals surface area contributed by atoms with Gasteiger partial charge in [-0.2, -0.15) is 0 Å². The first-order chi connectivity index (χ1) is 10.7. The van der Waals surface area contributed by atoms with Crippen LogP contribution >= 0.6 is 0 Å². The van der Waals surface area contributed by atoms with Crippen molar-refractivity contribution in [1.82, 2.24) is 15.5 Å². The van der Waals surface area contributed by atoms with Crippen molar-refractivity contribution in [3.8, 4) is 5.75 Å². The first-order valence-electron chi connectivity index (χ1n) is 6.82. The predicted molar refractivity (Wildman–Crippen MR) is 84.9 cm³/mol. The topological polar surface area (TPSA) is 76.1 Å². The highest BCUT2D eigenvalue weighted by Gasteiger charge is 2.07. The summed E-state index contributed by atoms with van der Waals surface area (Å²) in [6.07, 6.45) is 1.72. The quantitative estimate of drug-likeness (QED) is 0.765. The number of nitrogens with one attached hydrogen (secondary N) is 2. The Labute approximate surface area is 129 Å². The molecular weight excluding hydrogens is 280 g/mol. The van der Waals surface area contributed by atoms with Gasteiger partial charge in [0.05, 0.1) is 7.11 Å². The van der Waals surface area contributed by atoms with Gasteiger partial charge in [0.25, 0.3) is 5.91 Å². The zero-order valence-corrected chi connectivity index (χ0v) is 12.4. The van der Waals surface area contributed by atoms with Crippen molar-refractivity contribution in [2.45, 2.75) is 6.54 Å². The van der Waals surface area contributed by atoms with Crippen LogP contribution in [0.5, 0.6) is 5.75 Å². The second kappa shape index (κ2) is 7.78. The minimum absolute atomic E-state index is 0.265. The summed E-state index contributed by atoms with van der Waals surface area (Å²) in [5.41, 5.74) is 1.25. The molecule has 0 radical (unpaired) electrons. The van der Waals surface area contributed by atoms with E-state index in [1.807, 2.05) is 24.3 Å². The molecule has 1 heterocycles. The molecule has 1 amide bonds. The zero-order valence-electron chi connectivity index (χ0n) is 12.4. The van der Waals surface area contributed by atoms with Crippen LogP contribution in [-0.2, 0) is 6.54 Å². The summed E-state index contributed by atoms with van der Waals surface area (Å²) in [5, 5.41) is 13.6. The van der Waals surface area contributed by atoms with E-state index < -0.39 is 0 Å². The highest BCUT2D eigenvalue weighted by Crippen LogP contribution is 2.11. The molecule has 6 nitrogen and oxygen atoms in total. The van der Waals surface area contributed by atoms with Gasteiger partial charge in [0.1, 0.15) is 11.6 Å². The number of carbonyl (C=O) groups excluding carboxylic acids is 1. The van der Waals surface area contributed by atoms with Gasteiger partial charge in [-0.25, -0.2) is 0 Å². The summed E-state index contributed by atoms with van der Waals surface area (Å²) < 4.78 is 5.09. The Bertz CT molecular complexity index is 624. The van der Waals surface area contributed by atoms with E-state index in [0.717, 1.165) is 11.3 Å². The summed E-state index contributed by atoms with van der Waals surface area (Å²) in [6.45, 7) is 4.62. The lowest BCUT2D eigenvalue weighted by Crippen LogP contribution is -2.24. The number of methoxy groups -OCH3 is 1. The van der Waals surface area contributed by atoms with Gasteiger partial charge in [0.2, 0.25) is 0 Å². The minimum Gasteiger partial charge on any atom is -0.497 e. The van der Waals surface area contributed by atoms with Gasteiger partial charge < -0.3 is 15.4 Å². The van der Waals surface area contributed by atoms with Gasteiger partial charge >= 0.3 is 0 Å². The normalized spacial score (nSPS) is 9.86. The molecule has 1 aromatic heterocycles. The third-order valence-corrected chi connectivity index (χ3v) is 2.94. The first kappa shape index (κ1) is 15.5. The van der Waals surface area contributed by atoms with Crippen LogP contribution in [0.3, 0.4) is 0 Å². The Kier molecular flexibility index (Phi) is 5.48. The minimum atomic E-state index is -0.265. The van der Waals surface area contributed by atoms with E-state index in [0.29, 0.717) is 18.9 Å². The lowest BCUT2D eigenvalue weighted by Gasteiger charge is -2.06. The maximum Gasteiger partial charge on any atom is 0.272 e.